The minimum absolute atomic E-state index is 0.0902. The Morgan fingerprint density at radius 2 is 2.00 bits per heavy atom. The zero-order chi connectivity index (χ0) is 18.4. The normalized spacial score (nSPS) is 12.0. The van der Waals surface area contributed by atoms with Gasteiger partial charge in [0.15, 0.2) is 11.2 Å². The van der Waals surface area contributed by atoms with E-state index in [1.807, 2.05) is 13.8 Å². The highest BCUT2D eigenvalue weighted by atomic mass is 31.1. The van der Waals surface area contributed by atoms with Crippen LogP contribution in [-0.2, 0) is 33.6 Å². The van der Waals surface area contributed by atoms with Crippen LogP contribution in [-0.4, -0.2) is 36.8 Å². The lowest BCUT2D eigenvalue weighted by molar-refractivity contribution is 0.0903. The number of imidazole rings is 1. The molecule has 0 aliphatic rings. The van der Waals surface area contributed by atoms with E-state index in [1.165, 1.54) is 10.9 Å². The van der Waals surface area contributed by atoms with Crippen molar-refractivity contribution in [3.05, 3.63) is 27.2 Å². The van der Waals surface area contributed by atoms with Gasteiger partial charge < -0.3 is 9.30 Å². The van der Waals surface area contributed by atoms with E-state index in [0.29, 0.717) is 37.2 Å². The van der Waals surface area contributed by atoms with E-state index < -0.39 is 19.5 Å². The minimum Gasteiger partial charge on any atom is -0.361 e. The quantitative estimate of drug-likeness (QED) is 0.484. The minimum atomic E-state index is -2.63. The molecule has 2 heterocycles. The highest BCUT2D eigenvalue weighted by Crippen LogP contribution is 2.14. The Morgan fingerprint density at radius 1 is 1.24 bits per heavy atom. The second-order valence-corrected chi connectivity index (χ2v) is 6.00. The molecule has 25 heavy (non-hydrogen) atoms. The van der Waals surface area contributed by atoms with Crippen LogP contribution in [0.25, 0.3) is 11.2 Å². The summed E-state index contributed by atoms with van der Waals surface area (Å²) in [5.41, 5.74) is -0.175. The number of rotatable bonds is 10. The lowest BCUT2D eigenvalue weighted by atomic mass is 10.3. The first kappa shape index (κ1) is 19.5. The number of hydrogen-bond donors (Lipinski definition) is 1. The second kappa shape index (κ2) is 9.00. The third kappa shape index (κ3) is 4.40. The number of aryl methyl sites for hydroxylation is 1. The van der Waals surface area contributed by atoms with Gasteiger partial charge in [-0.05, 0) is 26.7 Å². The summed E-state index contributed by atoms with van der Waals surface area (Å²) >= 11 is 0. The van der Waals surface area contributed by atoms with Crippen molar-refractivity contribution in [3.8, 4) is 0 Å². The molecule has 0 fully saturated rings. The molecule has 138 valence electrons. The Hall–Kier alpha value is -1.87. The van der Waals surface area contributed by atoms with Crippen molar-refractivity contribution in [1.29, 1.82) is 0 Å². The highest BCUT2D eigenvalue weighted by molar-refractivity contribution is 7.32. The Morgan fingerprint density at radius 3 is 2.64 bits per heavy atom. The first-order chi connectivity index (χ1) is 12.0. The maximum Gasteiger partial charge on any atom is 0.694 e. The van der Waals surface area contributed by atoms with E-state index in [2.05, 4.69) is 9.51 Å². The molecule has 0 aliphatic heterocycles. The number of unbranched alkanes of at least 4 members (excludes halogenated alkanes) is 1. The van der Waals surface area contributed by atoms with E-state index in [4.69, 9.17) is 9.63 Å². The van der Waals surface area contributed by atoms with Crippen molar-refractivity contribution < 1.29 is 18.7 Å². The summed E-state index contributed by atoms with van der Waals surface area (Å²) in [5, 5.41) is 0. The third-order valence-electron chi connectivity index (χ3n) is 3.71. The zero-order valence-electron chi connectivity index (χ0n) is 14.3. The molecule has 0 spiro atoms. The molecular formula is C14H22N4O6P+. The van der Waals surface area contributed by atoms with Gasteiger partial charge in [-0.1, -0.05) is 0 Å². The van der Waals surface area contributed by atoms with Gasteiger partial charge in [-0.2, -0.15) is 0 Å². The first-order valence-electron chi connectivity index (χ1n) is 8.06. The molecule has 10 nitrogen and oxygen atoms in total. The van der Waals surface area contributed by atoms with Crippen LogP contribution in [0.2, 0.25) is 0 Å². The van der Waals surface area contributed by atoms with E-state index in [0.717, 1.165) is 4.57 Å². The van der Waals surface area contributed by atoms with E-state index in [1.54, 1.807) is 4.57 Å². The molecule has 11 heteroatoms. The molecule has 0 saturated carbocycles. The summed E-state index contributed by atoms with van der Waals surface area (Å²) in [6.07, 6.45) is 2.41. The summed E-state index contributed by atoms with van der Waals surface area (Å²) in [5.74, 6) is 0. The molecule has 0 radical (unpaired) electrons. The maximum absolute atomic E-state index is 12.7. The fraction of sp³-hybridized carbons (Fsp3) is 0.643. The summed E-state index contributed by atoms with van der Waals surface area (Å²) in [6, 6.07) is 0. The highest BCUT2D eigenvalue weighted by Gasteiger charge is 2.17. The third-order valence-corrected chi connectivity index (χ3v) is 4.12. The van der Waals surface area contributed by atoms with Gasteiger partial charge in [0, 0.05) is 24.3 Å². The predicted molar refractivity (Wildman–Crippen MR) is 90.6 cm³/mol. The Balaban J connectivity index is 2.33. The average molecular weight is 373 g/mol. The van der Waals surface area contributed by atoms with Crippen molar-refractivity contribution in [1.82, 2.24) is 18.7 Å². The molecule has 0 amide bonds. The molecule has 2 aromatic heterocycles. The van der Waals surface area contributed by atoms with E-state index in [9.17, 15) is 14.2 Å². The van der Waals surface area contributed by atoms with Gasteiger partial charge in [0.1, 0.15) is 13.3 Å². The molecular weight excluding hydrogens is 351 g/mol. The molecule has 1 atom stereocenters. The van der Waals surface area contributed by atoms with Crippen molar-refractivity contribution in [2.75, 3.05) is 13.2 Å². The van der Waals surface area contributed by atoms with Crippen LogP contribution >= 0.6 is 8.25 Å². The fourth-order valence-electron chi connectivity index (χ4n) is 2.52. The maximum atomic E-state index is 12.7. The Kier molecular flexibility index (Phi) is 7.01. The standard InChI is InChI=1S/C14H21N4O6P/c1-3-17-12-11(16(9-15-12)10-23-4-2)13(19)18(14(17)20)7-5-6-8-24-25(21)22/h9H,3-8,10H2,1-2H3/p+1. The summed E-state index contributed by atoms with van der Waals surface area (Å²) < 4.78 is 24.6. The molecule has 1 N–H and O–H groups in total. The Bertz CT molecular complexity index is 855. The van der Waals surface area contributed by atoms with Crippen LogP contribution in [0.5, 0.6) is 0 Å². The predicted octanol–water partition coefficient (Wildman–Crippen LogP) is 0.820. The van der Waals surface area contributed by atoms with Crippen LogP contribution in [0.15, 0.2) is 15.9 Å². The summed E-state index contributed by atoms with van der Waals surface area (Å²) in [7, 11) is -2.63. The van der Waals surface area contributed by atoms with Crippen LogP contribution in [0.3, 0.4) is 0 Å². The van der Waals surface area contributed by atoms with Crippen molar-refractivity contribution in [2.24, 2.45) is 0 Å². The first-order valence-corrected chi connectivity index (χ1v) is 9.19. The number of fused-ring (bicyclic) bond motifs is 1. The van der Waals surface area contributed by atoms with Crippen LogP contribution < -0.4 is 11.2 Å². The average Bonchev–Trinajstić information content (AvgIpc) is 2.99. The Labute approximate surface area is 144 Å². The van der Waals surface area contributed by atoms with Gasteiger partial charge in [0.2, 0.25) is 0 Å². The number of hydrogen-bond acceptors (Lipinski definition) is 6. The topological polar surface area (TPSA) is 118 Å². The van der Waals surface area contributed by atoms with Gasteiger partial charge in [-0.15, -0.1) is 9.42 Å². The smallest absolute Gasteiger partial charge is 0.361 e. The lowest BCUT2D eigenvalue weighted by Gasteiger charge is -2.11. The van der Waals surface area contributed by atoms with E-state index >= 15 is 0 Å². The molecule has 0 saturated heterocycles. The van der Waals surface area contributed by atoms with Gasteiger partial charge in [0.25, 0.3) is 5.56 Å². The van der Waals surface area contributed by atoms with Gasteiger partial charge in [0.05, 0.1) is 6.33 Å². The van der Waals surface area contributed by atoms with Gasteiger partial charge in [-0.3, -0.25) is 13.9 Å². The molecule has 0 aromatic carbocycles. The van der Waals surface area contributed by atoms with Crippen LogP contribution in [0.4, 0.5) is 0 Å². The van der Waals surface area contributed by atoms with Crippen LogP contribution in [0.1, 0.15) is 26.7 Å². The fourth-order valence-corrected chi connectivity index (χ4v) is 2.81. The summed E-state index contributed by atoms with van der Waals surface area (Å²) in [4.78, 5) is 38.1. The van der Waals surface area contributed by atoms with Crippen molar-refractivity contribution >= 4 is 19.4 Å². The summed E-state index contributed by atoms with van der Waals surface area (Å²) in [6.45, 7) is 5.00. The molecule has 2 aromatic rings. The largest absolute Gasteiger partial charge is 0.694 e. The molecule has 1 unspecified atom stereocenters. The number of aromatic nitrogens is 4. The zero-order valence-corrected chi connectivity index (χ0v) is 15.1. The SMILES string of the molecule is CCOCn1cnc2c1c(=O)n(CCCCO[P+](=O)O)c(=O)n2CC. The second-order valence-electron chi connectivity index (χ2n) is 5.27. The van der Waals surface area contributed by atoms with E-state index in [-0.39, 0.29) is 19.9 Å². The molecule has 2 rings (SSSR count). The van der Waals surface area contributed by atoms with Crippen LogP contribution in [0, 0.1) is 0 Å². The number of ether oxygens (including phenoxy) is 1. The molecule has 0 aliphatic carbocycles. The lowest BCUT2D eigenvalue weighted by Crippen LogP contribution is -2.40. The monoisotopic (exact) mass is 373 g/mol. The molecule has 0 bridgehead atoms. The van der Waals surface area contributed by atoms with Crippen molar-refractivity contribution in [2.45, 2.75) is 46.5 Å². The van der Waals surface area contributed by atoms with Gasteiger partial charge in [-0.25, -0.2) is 9.78 Å². The number of nitrogens with zero attached hydrogens (tertiary/aromatic N) is 4. The van der Waals surface area contributed by atoms with Crippen molar-refractivity contribution in [3.63, 3.8) is 0 Å². The van der Waals surface area contributed by atoms with Gasteiger partial charge >= 0.3 is 13.9 Å².